The molecule has 55 heavy (non-hydrogen) atoms. The van der Waals surface area contributed by atoms with Gasteiger partial charge >= 0.3 is 0 Å². The van der Waals surface area contributed by atoms with Crippen molar-refractivity contribution in [2.75, 3.05) is 0 Å². The van der Waals surface area contributed by atoms with E-state index >= 15 is 4.39 Å². The second-order valence-electron chi connectivity index (χ2n) is 16.0. The summed E-state index contributed by atoms with van der Waals surface area (Å²) in [5.41, 5.74) is 10.2. The van der Waals surface area contributed by atoms with Crippen molar-refractivity contribution in [1.29, 1.82) is 0 Å². The number of imidazole rings is 1. The molecule has 0 saturated carbocycles. The molecule has 0 aliphatic rings. The number of fused-ring (bicyclic) bond motifs is 2. The average Bonchev–Trinajstić information content (AvgIpc) is 3.81. The molecule has 0 unspecified atom stereocenters. The Balaban J connectivity index is 1.52. The fourth-order valence-corrected chi connectivity index (χ4v) is 7.70. The van der Waals surface area contributed by atoms with Crippen LogP contribution in [0.5, 0.6) is 5.75 Å². The predicted molar refractivity (Wildman–Crippen MR) is 224 cm³/mol. The van der Waals surface area contributed by atoms with Gasteiger partial charge in [0.05, 0.1) is 37.0 Å². The molecule has 3 aromatic heterocycles. The Kier molecular flexibility index (Phi) is 8.54. The SMILES string of the molecule is [2H]C([2H])(F)c1ccc2c(nc(-c3c(O)ccc4occc34)n2-c2c(C(C)C)cccc2C(C)C)c1-c1cc(-c2cc(-c3ccccc3)ccn2)cc(C(C)(C)C)c1. The van der Waals surface area contributed by atoms with Crippen molar-refractivity contribution in [2.45, 2.75) is 72.3 Å². The summed E-state index contributed by atoms with van der Waals surface area (Å²) >= 11 is 0. The molecule has 276 valence electrons. The quantitative estimate of drug-likeness (QED) is 0.169. The molecule has 0 atom stereocenters. The van der Waals surface area contributed by atoms with E-state index in [1.165, 1.54) is 0 Å². The van der Waals surface area contributed by atoms with Crippen molar-refractivity contribution in [3.8, 4) is 56.3 Å². The highest BCUT2D eigenvalue weighted by molar-refractivity contribution is 6.02. The van der Waals surface area contributed by atoms with Crippen LogP contribution in [0.2, 0.25) is 0 Å². The Morgan fingerprint density at radius 1 is 0.764 bits per heavy atom. The molecular formula is C49H46FN3O2. The molecule has 6 heteroatoms. The van der Waals surface area contributed by atoms with Gasteiger partial charge in [-0.2, -0.15) is 0 Å². The van der Waals surface area contributed by atoms with Crippen LogP contribution in [-0.2, 0) is 12.0 Å². The zero-order chi connectivity index (χ0) is 40.4. The van der Waals surface area contributed by atoms with Crippen LogP contribution < -0.4 is 0 Å². The summed E-state index contributed by atoms with van der Waals surface area (Å²) in [5, 5.41) is 12.3. The fourth-order valence-electron chi connectivity index (χ4n) is 7.70. The number of hydrogen-bond donors (Lipinski definition) is 1. The minimum absolute atomic E-state index is 0.0116. The van der Waals surface area contributed by atoms with Gasteiger partial charge in [-0.25, -0.2) is 9.37 Å². The van der Waals surface area contributed by atoms with E-state index in [1.807, 2.05) is 48.5 Å². The summed E-state index contributed by atoms with van der Waals surface area (Å²) in [6.45, 7) is 11.7. The van der Waals surface area contributed by atoms with Gasteiger partial charge in [-0.1, -0.05) is 109 Å². The normalized spacial score (nSPS) is 12.9. The van der Waals surface area contributed by atoms with Gasteiger partial charge < -0.3 is 9.52 Å². The second kappa shape index (κ2) is 14.0. The van der Waals surface area contributed by atoms with Crippen molar-refractivity contribution in [2.24, 2.45) is 0 Å². The van der Waals surface area contributed by atoms with Crippen LogP contribution in [0.3, 0.4) is 0 Å². The minimum atomic E-state index is -3.22. The third kappa shape index (κ3) is 6.39. The maximum absolute atomic E-state index is 16.2. The molecule has 0 aliphatic carbocycles. The number of phenolic OH excluding ortho intramolecular Hbond substituents is 1. The molecule has 5 aromatic carbocycles. The first-order chi connectivity index (χ1) is 27.1. The number of rotatable bonds is 8. The first-order valence-corrected chi connectivity index (χ1v) is 18.9. The standard InChI is InChI=1S/C49H46FN3O2/c1-29(2)37-14-11-15-38(30(3)4)47(37)53-41-17-16-33(28-50)44(46(41)52-48(53)45-39-21-23-55-43(39)19-18-42(45)54)35-24-34(25-36(26-35)49(5,6)7)40-27-32(20-22-51-40)31-12-9-8-10-13-31/h8-27,29-30,54H,28H2,1-7H3/i28D2. The molecule has 0 radical (unpaired) electrons. The molecule has 5 nitrogen and oxygen atoms in total. The molecule has 0 amide bonds. The summed E-state index contributed by atoms with van der Waals surface area (Å²) in [6.07, 6.45) is 3.38. The van der Waals surface area contributed by atoms with E-state index in [1.54, 1.807) is 36.7 Å². The number of aromatic nitrogens is 3. The van der Waals surface area contributed by atoms with Crippen LogP contribution >= 0.6 is 0 Å². The predicted octanol–water partition coefficient (Wildman–Crippen LogP) is 13.6. The molecule has 8 aromatic rings. The number of benzene rings is 5. The monoisotopic (exact) mass is 729 g/mol. The fraction of sp³-hybridized carbons (Fsp3) is 0.224. The Morgan fingerprint density at radius 3 is 2.18 bits per heavy atom. The molecule has 0 fully saturated rings. The molecule has 0 saturated heterocycles. The van der Waals surface area contributed by atoms with E-state index in [9.17, 15) is 5.11 Å². The van der Waals surface area contributed by atoms with E-state index in [-0.39, 0.29) is 28.6 Å². The van der Waals surface area contributed by atoms with E-state index < -0.39 is 6.63 Å². The van der Waals surface area contributed by atoms with Crippen LogP contribution in [0, 0.1) is 0 Å². The van der Waals surface area contributed by atoms with Crippen molar-refractivity contribution < 1.29 is 16.7 Å². The van der Waals surface area contributed by atoms with Crippen LogP contribution in [0.4, 0.5) is 4.39 Å². The number of pyridine rings is 1. The van der Waals surface area contributed by atoms with Gasteiger partial charge in [0.15, 0.2) is 0 Å². The first kappa shape index (κ1) is 33.6. The van der Waals surface area contributed by atoms with Gasteiger partial charge in [0, 0.05) is 22.7 Å². The highest BCUT2D eigenvalue weighted by Crippen LogP contribution is 2.45. The molecule has 0 bridgehead atoms. The number of para-hydroxylation sites is 1. The largest absolute Gasteiger partial charge is 0.507 e. The van der Waals surface area contributed by atoms with Gasteiger partial charge in [-0.3, -0.25) is 9.55 Å². The first-order valence-electron chi connectivity index (χ1n) is 19.9. The average molecular weight is 730 g/mol. The Hall–Kier alpha value is -6.01. The zero-order valence-electron chi connectivity index (χ0n) is 34.3. The van der Waals surface area contributed by atoms with Crippen molar-refractivity contribution in [3.63, 3.8) is 0 Å². The second-order valence-corrected chi connectivity index (χ2v) is 16.0. The highest BCUT2D eigenvalue weighted by Gasteiger charge is 2.28. The molecule has 0 aliphatic heterocycles. The lowest BCUT2D eigenvalue weighted by Gasteiger charge is -2.23. The maximum Gasteiger partial charge on any atom is 0.150 e. The van der Waals surface area contributed by atoms with Crippen molar-refractivity contribution >= 4 is 22.0 Å². The van der Waals surface area contributed by atoms with Crippen LogP contribution in [0.1, 0.15) is 85.3 Å². The van der Waals surface area contributed by atoms with Gasteiger partial charge in [-0.05, 0) is 105 Å². The van der Waals surface area contributed by atoms with E-state index in [0.717, 1.165) is 44.8 Å². The molecule has 3 heterocycles. The number of nitrogens with zero attached hydrogens (tertiary/aromatic N) is 3. The summed E-state index contributed by atoms with van der Waals surface area (Å²) in [5.74, 6) is 0.682. The third-order valence-electron chi connectivity index (χ3n) is 10.6. The topological polar surface area (TPSA) is 64.1 Å². The highest BCUT2D eigenvalue weighted by atomic mass is 19.1. The summed E-state index contributed by atoms with van der Waals surface area (Å²) in [4.78, 5) is 10.2. The number of furan rings is 1. The van der Waals surface area contributed by atoms with E-state index in [4.69, 9.17) is 17.1 Å². The molecule has 8 rings (SSSR count). The van der Waals surface area contributed by atoms with Crippen LogP contribution in [0.25, 0.3) is 72.6 Å². The van der Waals surface area contributed by atoms with Crippen LogP contribution in [0.15, 0.2) is 126 Å². The number of aromatic hydroxyl groups is 1. The Morgan fingerprint density at radius 2 is 1.49 bits per heavy atom. The lowest BCUT2D eigenvalue weighted by atomic mass is 9.83. The lowest BCUT2D eigenvalue weighted by molar-refractivity contribution is 0.477. The zero-order valence-corrected chi connectivity index (χ0v) is 32.3. The molecule has 0 spiro atoms. The summed E-state index contributed by atoms with van der Waals surface area (Å²) < 4.78 is 41.1. The third-order valence-corrected chi connectivity index (χ3v) is 10.6. The van der Waals surface area contributed by atoms with Crippen molar-refractivity contribution in [3.05, 3.63) is 144 Å². The Labute approximate surface area is 325 Å². The van der Waals surface area contributed by atoms with Crippen molar-refractivity contribution in [1.82, 2.24) is 14.5 Å². The van der Waals surface area contributed by atoms with Gasteiger partial charge in [-0.15, -0.1) is 0 Å². The number of alkyl halides is 1. The summed E-state index contributed by atoms with van der Waals surface area (Å²) in [7, 11) is 0. The summed E-state index contributed by atoms with van der Waals surface area (Å²) in [6, 6.07) is 35.0. The molecule has 1 N–H and O–H groups in total. The minimum Gasteiger partial charge on any atom is -0.507 e. The Bertz CT molecular complexity index is 2760. The van der Waals surface area contributed by atoms with Gasteiger partial charge in [0.25, 0.3) is 0 Å². The number of halogens is 1. The van der Waals surface area contributed by atoms with E-state index in [0.29, 0.717) is 44.5 Å². The van der Waals surface area contributed by atoms with Gasteiger partial charge in [0.1, 0.15) is 23.8 Å². The van der Waals surface area contributed by atoms with E-state index in [2.05, 4.69) is 89.4 Å². The maximum atomic E-state index is 16.2. The lowest BCUT2D eigenvalue weighted by Crippen LogP contribution is -2.11. The smallest absolute Gasteiger partial charge is 0.150 e. The van der Waals surface area contributed by atoms with Crippen LogP contribution in [-0.4, -0.2) is 19.6 Å². The van der Waals surface area contributed by atoms with Gasteiger partial charge in [0.2, 0.25) is 0 Å². The number of phenols is 1. The molecular weight excluding hydrogens is 682 g/mol. The number of hydrogen-bond acceptors (Lipinski definition) is 4.